The first-order valence-corrected chi connectivity index (χ1v) is 5.99. The lowest BCUT2D eigenvalue weighted by Crippen LogP contribution is -2.92. The first-order chi connectivity index (χ1) is 8.41. The Hall–Kier alpha value is -1.59. The molecule has 98 valence electrons. The van der Waals surface area contributed by atoms with Crippen LogP contribution in [0.3, 0.4) is 0 Å². The van der Waals surface area contributed by atoms with E-state index in [0.717, 1.165) is 5.56 Å². The van der Waals surface area contributed by atoms with Crippen LogP contribution in [0.4, 0.5) is 4.79 Å². The van der Waals surface area contributed by atoms with Crippen LogP contribution in [0, 0.1) is 0 Å². The molecular weight excluding hydrogens is 254 g/mol. The normalized spacial score (nSPS) is 13.7. The number of urea groups is 1. The van der Waals surface area contributed by atoms with Gasteiger partial charge in [-0.2, -0.15) is 0 Å². The van der Waals surface area contributed by atoms with Crippen LogP contribution in [0.1, 0.15) is 25.5 Å². The molecule has 0 aliphatic carbocycles. The summed E-state index contributed by atoms with van der Waals surface area (Å²) in [5.74, 6) is -0.415. The Kier molecular flexibility index (Phi) is 5.12. The van der Waals surface area contributed by atoms with Crippen molar-refractivity contribution in [3.05, 3.63) is 34.9 Å². The van der Waals surface area contributed by atoms with Gasteiger partial charge in [-0.1, -0.05) is 29.8 Å². The van der Waals surface area contributed by atoms with Crippen molar-refractivity contribution in [2.24, 2.45) is 5.73 Å². The zero-order valence-electron chi connectivity index (χ0n) is 10.3. The highest BCUT2D eigenvalue weighted by atomic mass is 35.5. The van der Waals surface area contributed by atoms with Crippen molar-refractivity contribution in [2.75, 3.05) is 0 Å². The molecule has 0 bridgehead atoms. The summed E-state index contributed by atoms with van der Waals surface area (Å²) < 4.78 is 0. The largest absolute Gasteiger partial charge is 0.351 e. The van der Waals surface area contributed by atoms with Gasteiger partial charge in [0.25, 0.3) is 5.91 Å². The van der Waals surface area contributed by atoms with Crippen LogP contribution in [-0.4, -0.2) is 18.0 Å². The Morgan fingerprint density at radius 3 is 2.50 bits per heavy atom. The van der Waals surface area contributed by atoms with Crippen LogP contribution in [0.2, 0.25) is 5.02 Å². The second-order valence-electron chi connectivity index (χ2n) is 4.14. The smallest absolute Gasteiger partial charge is 0.319 e. The van der Waals surface area contributed by atoms with E-state index in [2.05, 4.69) is 0 Å². The average Bonchev–Trinajstić information content (AvgIpc) is 2.28. The third-order valence-electron chi connectivity index (χ3n) is 2.63. The second kappa shape index (κ2) is 6.37. The maximum atomic E-state index is 11.5. The number of hydrogen-bond acceptors (Lipinski definition) is 2. The number of quaternary nitrogens is 1. The number of rotatable bonds is 4. The number of nitrogens with one attached hydrogen (secondary N) is 1. The Bertz CT molecular complexity index is 451. The lowest BCUT2D eigenvalue weighted by molar-refractivity contribution is -0.710. The van der Waals surface area contributed by atoms with Crippen molar-refractivity contribution >= 4 is 23.5 Å². The molecule has 0 unspecified atom stereocenters. The van der Waals surface area contributed by atoms with Gasteiger partial charge in [0.05, 0.1) is 0 Å². The van der Waals surface area contributed by atoms with Crippen molar-refractivity contribution in [2.45, 2.75) is 25.9 Å². The molecular formula is C12H17ClN3O2+. The second-order valence-corrected chi connectivity index (χ2v) is 4.55. The van der Waals surface area contributed by atoms with Gasteiger partial charge in [-0.15, -0.1) is 0 Å². The Labute approximate surface area is 111 Å². The molecule has 18 heavy (non-hydrogen) atoms. The molecule has 5 N–H and O–H groups in total. The Morgan fingerprint density at radius 2 is 1.94 bits per heavy atom. The molecule has 0 fully saturated rings. The molecule has 3 amide bonds. The molecule has 0 saturated heterocycles. The van der Waals surface area contributed by atoms with Gasteiger partial charge in [0.15, 0.2) is 6.04 Å². The molecule has 0 aliphatic rings. The first kappa shape index (κ1) is 14.5. The van der Waals surface area contributed by atoms with Gasteiger partial charge >= 0.3 is 6.03 Å². The van der Waals surface area contributed by atoms with E-state index >= 15 is 0 Å². The Balaban J connectivity index is 2.65. The van der Waals surface area contributed by atoms with Gasteiger partial charge < -0.3 is 11.1 Å². The van der Waals surface area contributed by atoms with Crippen LogP contribution < -0.4 is 16.4 Å². The molecule has 0 radical (unpaired) electrons. The van der Waals surface area contributed by atoms with Gasteiger partial charge in [-0.25, -0.2) is 4.79 Å². The summed E-state index contributed by atoms with van der Waals surface area (Å²) in [4.78, 5) is 22.1. The van der Waals surface area contributed by atoms with Crippen LogP contribution in [-0.2, 0) is 4.79 Å². The highest BCUT2D eigenvalue weighted by Crippen LogP contribution is 2.19. The molecule has 1 aromatic rings. The number of nitrogens with two attached hydrogens (primary N) is 2. The zero-order chi connectivity index (χ0) is 13.7. The minimum absolute atomic E-state index is 0.00678. The van der Waals surface area contributed by atoms with E-state index in [0.29, 0.717) is 5.02 Å². The maximum absolute atomic E-state index is 11.5. The predicted octanol–water partition coefficient (Wildman–Crippen LogP) is 0.548. The number of imide groups is 1. The third kappa shape index (κ3) is 4.01. The molecule has 0 aliphatic heterocycles. The average molecular weight is 271 g/mol. The van der Waals surface area contributed by atoms with Crippen molar-refractivity contribution in [3.8, 4) is 0 Å². The number of amides is 3. The summed E-state index contributed by atoms with van der Waals surface area (Å²) in [6.45, 7) is 3.64. The lowest BCUT2D eigenvalue weighted by atomic mass is 10.1. The predicted molar refractivity (Wildman–Crippen MR) is 69.0 cm³/mol. The summed E-state index contributed by atoms with van der Waals surface area (Å²) >= 11 is 6.07. The SMILES string of the molecule is C[C@H]([NH2+][C@@H](C)c1ccccc1Cl)C(=O)NC(N)=O. The van der Waals surface area contributed by atoms with E-state index in [-0.39, 0.29) is 6.04 Å². The molecule has 2 atom stereocenters. The molecule has 0 saturated carbocycles. The van der Waals surface area contributed by atoms with Crippen molar-refractivity contribution < 1.29 is 14.9 Å². The standard InChI is InChI=1S/C12H16ClN3O2/c1-7(9-5-3-4-6-10(9)13)15-8(2)11(17)16-12(14)18/h3-8,15H,1-2H3,(H3,14,16,17,18)/p+1/t7-,8-/m0/s1. The van der Waals surface area contributed by atoms with Crippen LogP contribution >= 0.6 is 11.6 Å². The van der Waals surface area contributed by atoms with Gasteiger partial charge in [0.1, 0.15) is 6.04 Å². The quantitative estimate of drug-likeness (QED) is 0.746. The number of carbonyl (C=O) groups is 2. The highest BCUT2D eigenvalue weighted by molar-refractivity contribution is 6.31. The van der Waals surface area contributed by atoms with Crippen LogP contribution in [0.25, 0.3) is 0 Å². The molecule has 0 heterocycles. The summed E-state index contributed by atoms with van der Waals surface area (Å²) in [6, 6.07) is 6.18. The summed E-state index contributed by atoms with van der Waals surface area (Å²) in [5.41, 5.74) is 5.83. The summed E-state index contributed by atoms with van der Waals surface area (Å²) in [6.07, 6.45) is 0. The number of carbonyl (C=O) groups excluding carboxylic acids is 2. The fourth-order valence-electron chi connectivity index (χ4n) is 1.70. The fraction of sp³-hybridized carbons (Fsp3) is 0.333. The van der Waals surface area contributed by atoms with Gasteiger partial charge in [0.2, 0.25) is 0 Å². The van der Waals surface area contributed by atoms with E-state index in [1.165, 1.54) is 0 Å². The molecule has 0 aromatic heterocycles. The molecule has 6 heteroatoms. The minimum Gasteiger partial charge on any atom is -0.351 e. The third-order valence-corrected chi connectivity index (χ3v) is 2.98. The fourth-order valence-corrected chi connectivity index (χ4v) is 2.01. The van der Waals surface area contributed by atoms with Crippen molar-refractivity contribution in [1.29, 1.82) is 0 Å². The number of halogens is 1. The maximum Gasteiger partial charge on any atom is 0.319 e. The lowest BCUT2D eigenvalue weighted by Gasteiger charge is -2.16. The van der Waals surface area contributed by atoms with E-state index in [1.807, 2.05) is 35.8 Å². The number of benzene rings is 1. The van der Waals surface area contributed by atoms with E-state index < -0.39 is 18.0 Å². The summed E-state index contributed by atoms with van der Waals surface area (Å²) in [5, 5.41) is 4.52. The summed E-state index contributed by atoms with van der Waals surface area (Å²) in [7, 11) is 0. The van der Waals surface area contributed by atoms with Crippen LogP contribution in [0.15, 0.2) is 24.3 Å². The van der Waals surface area contributed by atoms with E-state index in [1.54, 1.807) is 13.0 Å². The topological polar surface area (TPSA) is 88.8 Å². The highest BCUT2D eigenvalue weighted by Gasteiger charge is 2.22. The zero-order valence-corrected chi connectivity index (χ0v) is 11.1. The number of primary amides is 1. The molecule has 1 rings (SSSR count). The van der Waals surface area contributed by atoms with Crippen LogP contribution in [0.5, 0.6) is 0 Å². The monoisotopic (exact) mass is 270 g/mol. The molecule has 5 nitrogen and oxygen atoms in total. The number of hydrogen-bond donors (Lipinski definition) is 3. The molecule has 1 aromatic carbocycles. The molecule has 0 spiro atoms. The van der Waals surface area contributed by atoms with Gasteiger partial charge in [0, 0.05) is 10.6 Å². The first-order valence-electron chi connectivity index (χ1n) is 5.61. The van der Waals surface area contributed by atoms with Gasteiger partial charge in [-0.05, 0) is 19.9 Å². The Morgan fingerprint density at radius 1 is 1.33 bits per heavy atom. The minimum atomic E-state index is -0.842. The van der Waals surface area contributed by atoms with Crippen molar-refractivity contribution in [1.82, 2.24) is 5.32 Å². The van der Waals surface area contributed by atoms with E-state index in [9.17, 15) is 9.59 Å². The van der Waals surface area contributed by atoms with E-state index in [4.69, 9.17) is 17.3 Å². The van der Waals surface area contributed by atoms with Gasteiger partial charge in [-0.3, -0.25) is 10.1 Å². The van der Waals surface area contributed by atoms with Crippen molar-refractivity contribution in [3.63, 3.8) is 0 Å².